The van der Waals surface area contributed by atoms with E-state index in [0.29, 0.717) is 22.2 Å². The summed E-state index contributed by atoms with van der Waals surface area (Å²) in [4.78, 5) is 12.5. The Balaban J connectivity index is 1.99. The normalized spacial score (nSPS) is 12.1. The van der Waals surface area contributed by atoms with E-state index in [1.54, 1.807) is 37.4 Å². The number of amides is 1. The lowest BCUT2D eigenvalue weighted by molar-refractivity contribution is -0.121. The molecule has 0 saturated heterocycles. The number of para-hydroxylation sites is 2. The molecule has 0 unspecified atom stereocenters. The molecule has 0 spiro atoms. The van der Waals surface area contributed by atoms with Crippen LogP contribution in [-0.2, 0) is 14.8 Å². The Hall–Kier alpha value is -2.45. The lowest BCUT2D eigenvalue weighted by atomic mass is 10.2. The fourth-order valence-corrected chi connectivity index (χ4v) is 3.99. The Kier molecular flexibility index (Phi) is 7.53. The van der Waals surface area contributed by atoms with Crippen molar-refractivity contribution < 1.29 is 22.7 Å². The number of rotatable bonds is 9. The van der Waals surface area contributed by atoms with Gasteiger partial charge in [0.1, 0.15) is 12.6 Å². The predicted molar refractivity (Wildman–Crippen MR) is 110 cm³/mol. The summed E-state index contributed by atoms with van der Waals surface area (Å²) in [6.07, 6.45) is 1.04. The topological polar surface area (TPSA) is 84.9 Å². The molecule has 1 amide bonds. The van der Waals surface area contributed by atoms with E-state index in [0.717, 1.165) is 10.6 Å². The summed E-state index contributed by atoms with van der Waals surface area (Å²) < 4.78 is 36.3. The first-order chi connectivity index (χ1) is 13.2. The highest BCUT2D eigenvalue weighted by molar-refractivity contribution is 7.92. The number of carbonyl (C=O) groups is 1. The molecule has 0 aliphatic rings. The maximum absolute atomic E-state index is 12.5. The van der Waals surface area contributed by atoms with Crippen molar-refractivity contribution in [2.45, 2.75) is 13.0 Å². The van der Waals surface area contributed by atoms with Crippen molar-refractivity contribution in [2.75, 3.05) is 30.8 Å². The number of anilines is 1. The van der Waals surface area contributed by atoms with Gasteiger partial charge in [-0.15, -0.1) is 0 Å². The molecule has 0 fully saturated rings. The number of nitrogens with zero attached hydrogens (tertiary/aromatic N) is 1. The van der Waals surface area contributed by atoms with Crippen molar-refractivity contribution in [3.8, 4) is 11.5 Å². The molecule has 28 heavy (non-hydrogen) atoms. The van der Waals surface area contributed by atoms with Crippen LogP contribution in [0.3, 0.4) is 0 Å². The zero-order valence-electron chi connectivity index (χ0n) is 15.9. The second-order valence-electron chi connectivity index (χ2n) is 6.01. The second kappa shape index (κ2) is 9.66. The molecule has 0 aromatic heterocycles. The molecule has 0 aliphatic heterocycles. The lowest BCUT2D eigenvalue weighted by Gasteiger charge is -2.28. The largest absolute Gasteiger partial charge is 0.493 e. The van der Waals surface area contributed by atoms with Crippen molar-refractivity contribution >= 4 is 33.2 Å². The average Bonchev–Trinajstić information content (AvgIpc) is 2.64. The van der Waals surface area contributed by atoms with E-state index in [2.05, 4.69) is 5.32 Å². The van der Waals surface area contributed by atoms with E-state index in [9.17, 15) is 13.2 Å². The first kappa shape index (κ1) is 21.8. The zero-order chi connectivity index (χ0) is 20.7. The molecule has 0 radical (unpaired) electrons. The van der Waals surface area contributed by atoms with E-state index in [1.165, 1.54) is 13.0 Å². The Morgan fingerprint density at radius 1 is 1.18 bits per heavy atom. The molecule has 152 valence electrons. The molecule has 2 aromatic rings. The number of ether oxygens (including phenoxy) is 2. The average molecular weight is 427 g/mol. The molecule has 7 nitrogen and oxygen atoms in total. The van der Waals surface area contributed by atoms with E-state index < -0.39 is 22.0 Å². The lowest BCUT2D eigenvalue weighted by Crippen LogP contribution is -2.48. The summed E-state index contributed by atoms with van der Waals surface area (Å²) in [7, 11) is -2.15. The van der Waals surface area contributed by atoms with Gasteiger partial charge in [-0.05, 0) is 37.3 Å². The molecule has 2 aromatic carbocycles. The van der Waals surface area contributed by atoms with Gasteiger partial charge in [0, 0.05) is 5.02 Å². The van der Waals surface area contributed by atoms with E-state index >= 15 is 0 Å². The summed E-state index contributed by atoms with van der Waals surface area (Å²) in [6.45, 7) is 1.92. The van der Waals surface area contributed by atoms with Gasteiger partial charge in [-0.1, -0.05) is 29.8 Å². The van der Waals surface area contributed by atoms with Crippen LogP contribution < -0.4 is 19.1 Å². The summed E-state index contributed by atoms with van der Waals surface area (Å²) in [5.41, 5.74) is 0.322. The molecule has 9 heteroatoms. The van der Waals surface area contributed by atoms with Crippen LogP contribution in [0.25, 0.3) is 0 Å². The van der Waals surface area contributed by atoms with Gasteiger partial charge in [-0.2, -0.15) is 0 Å². The molecule has 0 heterocycles. The fourth-order valence-electron chi connectivity index (χ4n) is 2.64. The smallest absolute Gasteiger partial charge is 0.243 e. The van der Waals surface area contributed by atoms with Crippen LogP contribution >= 0.6 is 11.6 Å². The Bertz CT molecular complexity index is 920. The monoisotopic (exact) mass is 426 g/mol. The number of halogens is 1. The summed E-state index contributed by atoms with van der Waals surface area (Å²) in [5, 5.41) is 3.06. The standard InChI is InChI=1S/C19H23ClN2O5S/c1-14(22(28(3,24)25)16-8-6-7-15(20)13-16)19(23)21-11-12-27-18-10-5-4-9-17(18)26-2/h4-10,13-14H,11-12H2,1-3H3,(H,21,23)/t14-/m0/s1. The van der Waals surface area contributed by atoms with Gasteiger partial charge < -0.3 is 14.8 Å². The van der Waals surface area contributed by atoms with Crippen molar-refractivity contribution in [1.29, 1.82) is 0 Å². The van der Waals surface area contributed by atoms with Gasteiger partial charge in [0.05, 0.1) is 25.6 Å². The minimum absolute atomic E-state index is 0.203. The molecule has 2 rings (SSSR count). The quantitative estimate of drug-likeness (QED) is 0.623. The SMILES string of the molecule is COc1ccccc1OCCNC(=O)[C@H](C)N(c1cccc(Cl)c1)S(C)(=O)=O. The van der Waals surface area contributed by atoms with Crippen molar-refractivity contribution in [1.82, 2.24) is 5.32 Å². The van der Waals surface area contributed by atoms with Crippen LogP contribution in [0.5, 0.6) is 11.5 Å². The van der Waals surface area contributed by atoms with Crippen LogP contribution in [0.2, 0.25) is 5.02 Å². The van der Waals surface area contributed by atoms with Gasteiger partial charge >= 0.3 is 0 Å². The molecule has 0 aliphatic carbocycles. The van der Waals surface area contributed by atoms with Crippen LogP contribution in [-0.4, -0.2) is 46.9 Å². The van der Waals surface area contributed by atoms with Crippen LogP contribution in [0.1, 0.15) is 6.92 Å². The number of methoxy groups -OCH3 is 1. The third kappa shape index (κ3) is 5.77. The maximum atomic E-state index is 12.5. The second-order valence-corrected chi connectivity index (χ2v) is 8.30. The molecular formula is C19H23ClN2O5S. The van der Waals surface area contributed by atoms with E-state index in [4.69, 9.17) is 21.1 Å². The maximum Gasteiger partial charge on any atom is 0.243 e. The molecule has 1 atom stereocenters. The van der Waals surface area contributed by atoms with Gasteiger partial charge in [0.25, 0.3) is 0 Å². The van der Waals surface area contributed by atoms with E-state index in [-0.39, 0.29) is 13.2 Å². The van der Waals surface area contributed by atoms with Crippen molar-refractivity contribution in [3.63, 3.8) is 0 Å². The minimum atomic E-state index is -3.70. The predicted octanol–water partition coefficient (Wildman–Crippen LogP) is 2.70. The van der Waals surface area contributed by atoms with Gasteiger partial charge in [0.15, 0.2) is 11.5 Å². The summed E-state index contributed by atoms with van der Waals surface area (Å²) in [6, 6.07) is 12.5. The molecule has 1 N–H and O–H groups in total. The van der Waals surface area contributed by atoms with E-state index in [1.807, 2.05) is 12.1 Å². The first-order valence-electron chi connectivity index (χ1n) is 8.52. The minimum Gasteiger partial charge on any atom is -0.493 e. The van der Waals surface area contributed by atoms with Gasteiger partial charge in [-0.3, -0.25) is 9.10 Å². The van der Waals surface area contributed by atoms with Crippen LogP contribution in [0, 0.1) is 0 Å². The number of nitrogens with one attached hydrogen (secondary N) is 1. The highest BCUT2D eigenvalue weighted by Crippen LogP contribution is 2.26. The Morgan fingerprint density at radius 2 is 1.86 bits per heavy atom. The third-order valence-electron chi connectivity index (χ3n) is 3.88. The number of carbonyl (C=O) groups excluding carboxylic acids is 1. The highest BCUT2D eigenvalue weighted by Gasteiger charge is 2.29. The van der Waals surface area contributed by atoms with Crippen molar-refractivity contribution in [3.05, 3.63) is 53.6 Å². The van der Waals surface area contributed by atoms with Crippen LogP contribution in [0.15, 0.2) is 48.5 Å². The molecule has 0 saturated carbocycles. The first-order valence-corrected chi connectivity index (χ1v) is 10.7. The Morgan fingerprint density at radius 3 is 2.46 bits per heavy atom. The fraction of sp³-hybridized carbons (Fsp3) is 0.316. The van der Waals surface area contributed by atoms with Crippen molar-refractivity contribution in [2.24, 2.45) is 0 Å². The number of benzene rings is 2. The number of hydrogen-bond acceptors (Lipinski definition) is 5. The third-order valence-corrected chi connectivity index (χ3v) is 5.36. The summed E-state index contributed by atoms with van der Waals surface area (Å²) >= 11 is 5.96. The molecular weight excluding hydrogens is 404 g/mol. The number of sulfonamides is 1. The van der Waals surface area contributed by atoms with Crippen LogP contribution in [0.4, 0.5) is 5.69 Å². The van der Waals surface area contributed by atoms with Gasteiger partial charge in [-0.25, -0.2) is 8.42 Å². The highest BCUT2D eigenvalue weighted by atomic mass is 35.5. The molecule has 0 bridgehead atoms. The zero-order valence-corrected chi connectivity index (χ0v) is 17.5. The Labute approximate surface area is 170 Å². The number of hydrogen-bond donors (Lipinski definition) is 1. The summed E-state index contributed by atoms with van der Waals surface area (Å²) in [5.74, 6) is 0.699. The van der Waals surface area contributed by atoms with Gasteiger partial charge in [0.2, 0.25) is 15.9 Å².